The molecule has 1 N–H and O–H groups in total. The number of carbonyl (C=O) groups excluding carboxylic acids is 1. The molecule has 4 rings (SSSR count). The molecule has 1 saturated heterocycles. The number of urea groups is 1. The van der Waals surface area contributed by atoms with Gasteiger partial charge >= 0.3 is 6.03 Å². The van der Waals surface area contributed by atoms with Crippen LogP contribution in [0.15, 0.2) is 36.4 Å². The average Bonchev–Trinajstić information content (AvgIpc) is 3.16. The highest BCUT2D eigenvalue weighted by Crippen LogP contribution is 2.49. The van der Waals surface area contributed by atoms with Gasteiger partial charge in [-0.05, 0) is 75.2 Å². The van der Waals surface area contributed by atoms with Crippen molar-refractivity contribution in [2.75, 3.05) is 39.8 Å². The van der Waals surface area contributed by atoms with Gasteiger partial charge in [-0.25, -0.2) is 4.79 Å². The second-order valence-corrected chi connectivity index (χ2v) is 9.86. The summed E-state index contributed by atoms with van der Waals surface area (Å²) in [6, 6.07) is 11.8. The minimum absolute atomic E-state index is 0.0468. The highest BCUT2D eigenvalue weighted by Gasteiger charge is 2.50. The van der Waals surface area contributed by atoms with Crippen LogP contribution in [-0.4, -0.2) is 57.9 Å². The largest absolute Gasteiger partial charge is 0.493 e. The van der Waals surface area contributed by atoms with Crippen LogP contribution in [0, 0.1) is 0 Å². The van der Waals surface area contributed by atoms with Crippen LogP contribution in [0.2, 0.25) is 10.0 Å². The lowest BCUT2D eigenvalue weighted by molar-refractivity contribution is 0.155. The maximum absolute atomic E-state index is 13.0. The molecule has 178 valence electrons. The highest BCUT2D eigenvalue weighted by molar-refractivity contribution is 6.42. The number of fused-ring (bicyclic) bond motifs is 1. The van der Waals surface area contributed by atoms with E-state index in [0.29, 0.717) is 21.8 Å². The van der Waals surface area contributed by atoms with Crippen LogP contribution in [0.3, 0.4) is 0 Å². The number of halogens is 2. The number of likely N-dealkylation sites (tertiary alicyclic amines) is 1. The molecule has 6 nitrogen and oxygen atoms in total. The van der Waals surface area contributed by atoms with Crippen molar-refractivity contribution < 1.29 is 14.3 Å². The lowest BCUT2D eigenvalue weighted by Crippen LogP contribution is -2.53. The average molecular weight is 492 g/mol. The minimum atomic E-state index is -0.141. The molecule has 0 unspecified atom stereocenters. The van der Waals surface area contributed by atoms with E-state index < -0.39 is 0 Å². The molecule has 1 aliphatic carbocycles. The topological polar surface area (TPSA) is 54.0 Å². The third-order valence-electron chi connectivity index (χ3n) is 7.41. The van der Waals surface area contributed by atoms with E-state index in [1.165, 1.54) is 5.56 Å². The van der Waals surface area contributed by atoms with Crippen molar-refractivity contribution in [3.8, 4) is 11.5 Å². The van der Waals surface area contributed by atoms with Crippen molar-refractivity contribution in [3.05, 3.63) is 52.0 Å². The van der Waals surface area contributed by atoms with Gasteiger partial charge in [0, 0.05) is 30.2 Å². The van der Waals surface area contributed by atoms with E-state index in [-0.39, 0.29) is 17.5 Å². The molecule has 0 radical (unpaired) electrons. The smallest absolute Gasteiger partial charge is 0.321 e. The molecule has 2 amide bonds. The highest BCUT2D eigenvalue weighted by atomic mass is 35.5. The molecule has 1 aliphatic heterocycles. The number of benzene rings is 2. The number of carbonyl (C=O) groups is 1. The summed E-state index contributed by atoms with van der Waals surface area (Å²) in [4.78, 5) is 17.0. The fraction of sp³-hybridized carbons (Fsp3) is 0.480. The predicted molar refractivity (Wildman–Crippen MR) is 133 cm³/mol. The van der Waals surface area contributed by atoms with Crippen LogP contribution >= 0.6 is 23.2 Å². The van der Waals surface area contributed by atoms with Gasteiger partial charge in [0.25, 0.3) is 0 Å². The van der Waals surface area contributed by atoms with Gasteiger partial charge in [-0.15, -0.1) is 0 Å². The van der Waals surface area contributed by atoms with Crippen LogP contribution in [0.1, 0.15) is 31.2 Å². The number of nitrogens with one attached hydrogen (secondary N) is 1. The molecular weight excluding hydrogens is 461 g/mol. The third-order valence-corrected chi connectivity index (χ3v) is 8.15. The Morgan fingerprint density at radius 2 is 1.85 bits per heavy atom. The molecule has 2 aromatic carbocycles. The Labute approximate surface area is 205 Å². The summed E-state index contributed by atoms with van der Waals surface area (Å²) in [7, 11) is 7.26. The van der Waals surface area contributed by atoms with E-state index in [4.69, 9.17) is 32.7 Å². The number of hydrogen-bond donors (Lipinski definition) is 1. The van der Waals surface area contributed by atoms with Crippen molar-refractivity contribution in [1.29, 1.82) is 0 Å². The molecule has 0 spiro atoms. The first kappa shape index (κ1) is 24.0. The molecule has 2 fully saturated rings. The Balaban J connectivity index is 1.50. The fourth-order valence-electron chi connectivity index (χ4n) is 5.48. The summed E-state index contributed by atoms with van der Waals surface area (Å²) in [6.07, 6.45) is 3.90. The number of ether oxygens (including phenoxy) is 2. The van der Waals surface area contributed by atoms with E-state index in [1.54, 1.807) is 44.4 Å². The lowest BCUT2D eigenvalue weighted by atomic mass is 9.65. The van der Waals surface area contributed by atoms with Crippen molar-refractivity contribution in [2.45, 2.75) is 43.2 Å². The van der Waals surface area contributed by atoms with E-state index in [9.17, 15) is 4.79 Å². The summed E-state index contributed by atoms with van der Waals surface area (Å²) >= 11 is 12.1. The molecule has 0 aromatic heterocycles. The van der Waals surface area contributed by atoms with E-state index in [2.05, 4.69) is 29.4 Å². The van der Waals surface area contributed by atoms with Gasteiger partial charge in [0.2, 0.25) is 0 Å². The number of nitrogens with zero attached hydrogens (tertiary/aromatic N) is 2. The Kier molecular flexibility index (Phi) is 6.99. The van der Waals surface area contributed by atoms with Gasteiger partial charge < -0.3 is 19.7 Å². The molecule has 33 heavy (non-hydrogen) atoms. The van der Waals surface area contributed by atoms with Crippen LogP contribution in [0.25, 0.3) is 0 Å². The van der Waals surface area contributed by atoms with Gasteiger partial charge in [0.05, 0.1) is 24.3 Å². The van der Waals surface area contributed by atoms with Gasteiger partial charge in [0.15, 0.2) is 11.5 Å². The minimum Gasteiger partial charge on any atom is -0.493 e. The second-order valence-electron chi connectivity index (χ2n) is 9.05. The first-order chi connectivity index (χ1) is 15.8. The predicted octanol–water partition coefficient (Wildman–Crippen LogP) is 5.35. The Bertz CT molecular complexity index is 1030. The van der Waals surface area contributed by atoms with Crippen LogP contribution < -0.4 is 19.7 Å². The number of rotatable bonds is 5. The molecule has 8 heteroatoms. The summed E-state index contributed by atoms with van der Waals surface area (Å²) in [5, 5.41) is 4.13. The van der Waals surface area contributed by atoms with Gasteiger partial charge in [-0.1, -0.05) is 29.3 Å². The van der Waals surface area contributed by atoms with E-state index >= 15 is 0 Å². The quantitative estimate of drug-likeness (QED) is 0.612. The number of amides is 2. The summed E-state index contributed by atoms with van der Waals surface area (Å²) in [5.74, 6) is 1.50. The first-order valence-corrected chi connectivity index (χ1v) is 12.0. The fourth-order valence-corrected chi connectivity index (χ4v) is 5.77. The normalized spacial score (nSPS) is 24.8. The summed E-state index contributed by atoms with van der Waals surface area (Å²) in [5.41, 5.74) is 2.04. The first-order valence-electron chi connectivity index (χ1n) is 11.2. The van der Waals surface area contributed by atoms with Crippen molar-refractivity contribution in [1.82, 2.24) is 10.2 Å². The van der Waals surface area contributed by atoms with E-state index in [0.717, 1.165) is 43.7 Å². The monoisotopic (exact) mass is 491 g/mol. The SMILES string of the molecule is COc1ccc([C@@]23CC[C@H](NC(=O)N(C)c4ccc(Cl)c(Cl)c4)C[C@@H]2N(C)CC3)cc1OC. The third kappa shape index (κ3) is 4.48. The number of methoxy groups -OCH3 is 2. The summed E-state index contributed by atoms with van der Waals surface area (Å²) in [6.45, 7) is 1.03. The van der Waals surface area contributed by atoms with E-state index in [1.807, 2.05) is 6.07 Å². The van der Waals surface area contributed by atoms with Crippen molar-refractivity contribution >= 4 is 34.9 Å². The number of hydrogen-bond acceptors (Lipinski definition) is 4. The molecular formula is C25H31Cl2N3O3. The molecule has 0 bridgehead atoms. The van der Waals surface area contributed by atoms with Crippen molar-refractivity contribution in [3.63, 3.8) is 0 Å². The Hall–Kier alpha value is -2.15. The van der Waals surface area contributed by atoms with Crippen LogP contribution in [-0.2, 0) is 5.41 Å². The molecule has 1 saturated carbocycles. The second kappa shape index (κ2) is 9.61. The maximum atomic E-state index is 13.0. The molecule has 2 aromatic rings. The van der Waals surface area contributed by atoms with Gasteiger partial charge in [-0.3, -0.25) is 4.90 Å². The van der Waals surface area contributed by atoms with Crippen LogP contribution in [0.5, 0.6) is 11.5 Å². The molecule has 2 aliphatic rings. The standard InChI is InChI=1S/C25H31Cl2N3O3/c1-29-12-11-25(16-5-8-21(32-3)22(13-16)33-4)10-9-17(14-23(25)29)28-24(31)30(2)18-6-7-19(26)20(27)15-18/h5-8,13,15,17,23H,9-12,14H2,1-4H3,(H,28,31)/t17-,23-,25-/m0/s1. The van der Waals surface area contributed by atoms with Gasteiger partial charge in [0.1, 0.15) is 0 Å². The Morgan fingerprint density at radius 3 is 2.55 bits per heavy atom. The number of likely N-dealkylation sites (N-methyl/N-ethyl adjacent to an activating group) is 1. The summed E-state index contributed by atoms with van der Waals surface area (Å²) < 4.78 is 11.0. The lowest BCUT2D eigenvalue weighted by Gasteiger charge is -2.45. The Morgan fingerprint density at radius 1 is 1.09 bits per heavy atom. The van der Waals surface area contributed by atoms with Crippen molar-refractivity contribution in [2.24, 2.45) is 0 Å². The zero-order valence-electron chi connectivity index (χ0n) is 19.5. The van der Waals surface area contributed by atoms with Gasteiger partial charge in [-0.2, -0.15) is 0 Å². The maximum Gasteiger partial charge on any atom is 0.321 e. The number of anilines is 1. The zero-order chi connectivity index (χ0) is 23.8. The zero-order valence-corrected chi connectivity index (χ0v) is 21.0. The molecule has 3 atom stereocenters. The molecule has 1 heterocycles. The van der Waals surface area contributed by atoms with Crippen LogP contribution in [0.4, 0.5) is 10.5 Å².